The summed E-state index contributed by atoms with van der Waals surface area (Å²) in [6.45, 7) is 2.08. The predicted molar refractivity (Wildman–Crippen MR) is 107 cm³/mol. The van der Waals surface area contributed by atoms with Crippen molar-refractivity contribution in [3.8, 4) is 11.1 Å². The van der Waals surface area contributed by atoms with E-state index >= 15 is 0 Å². The van der Waals surface area contributed by atoms with Crippen LogP contribution in [0.4, 0.5) is 5.82 Å². The monoisotopic (exact) mass is 337 g/mol. The lowest BCUT2D eigenvalue weighted by molar-refractivity contribution is 0.533. The van der Waals surface area contributed by atoms with Gasteiger partial charge in [-0.15, -0.1) is 0 Å². The Hall–Kier alpha value is -3.20. The van der Waals surface area contributed by atoms with Gasteiger partial charge in [-0.1, -0.05) is 72.8 Å². The molecule has 3 nitrogen and oxygen atoms in total. The van der Waals surface area contributed by atoms with Gasteiger partial charge in [-0.25, -0.2) is 9.67 Å². The van der Waals surface area contributed by atoms with Gasteiger partial charge < -0.3 is 0 Å². The molecule has 4 aromatic rings. The number of hydrogen-bond donors (Lipinski definition) is 0. The van der Waals surface area contributed by atoms with Crippen molar-refractivity contribution in [1.29, 1.82) is 0 Å². The Balaban J connectivity index is 1.74. The molecule has 0 saturated carbocycles. The highest BCUT2D eigenvalue weighted by Gasteiger charge is 2.26. The summed E-state index contributed by atoms with van der Waals surface area (Å²) in [5.74, 6) is 0.957. The average Bonchev–Trinajstić information content (AvgIpc) is 3.04. The SMILES string of the molecule is Cc1nn2c(c1-c1cccc3ccccc13)N=CCC2c1ccccc1. The van der Waals surface area contributed by atoms with Crippen LogP contribution in [-0.4, -0.2) is 16.0 Å². The van der Waals surface area contributed by atoms with Crippen LogP contribution in [0.25, 0.3) is 21.9 Å². The zero-order chi connectivity index (χ0) is 17.5. The first-order valence-corrected chi connectivity index (χ1v) is 8.97. The highest BCUT2D eigenvalue weighted by Crippen LogP contribution is 2.41. The number of aromatic nitrogens is 2. The van der Waals surface area contributed by atoms with E-state index in [1.165, 1.54) is 21.9 Å². The number of aliphatic imine (C=N–C) groups is 1. The summed E-state index contributed by atoms with van der Waals surface area (Å²) in [5.41, 5.74) is 4.63. The van der Waals surface area contributed by atoms with Crippen LogP contribution in [0.1, 0.15) is 23.7 Å². The van der Waals surface area contributed by atoms with Crippen LogP contribution in [0.15, 0.2) is 77.8 Å². The van der Waals surface area contributed by atoms with E-state index in [0.717, 1.165) is 23.5 Å². The van der Waals surface area contributed by atoms with Crippen molar-refractivity contribution >= 4 is 22.8 Å². The topological polar surface area (TPSA) is 30.2 Å². The Bertz CT molecular complexity index is 1120. The molecule has 1 aliphatic heterocycles. The van der Waals surface area contributed by atoms with Crippen molar-refractivity contribution in [2.45, 2.75) is 19.4 Å². The molecule has 1 atom stereocenters. The molecule has 3 heteroatoms. The Kier molecular flexibility index (Phi) is 3.45. The van der Waals surface area contributed by atoms with E-state index in [1.807, 2.05) is 6.21 Å². The molecule has 0 amide bonds. The molecule has 1 unspecified atom stereocenters. The molecule has 0 spiro atoms. The van der Waals surface area contributed by atoms with E-state index in [9.17, 15) is 0 Å². The number of hydrogen-bond acceptors (Lipinski definition) is 2. The number of benzene rings is 3. The fourth-order valence-electron chi connectivity index (χ4n) is 3.93. The minimum atomic E-state index is 0.200. The van der Waals surface area contributed by atoms with E-state index in [1.54, 1.807) is 0 Å². The maximum atomic E-state index is 4.90. The fraction of sp³-hybridized carbons (Fsp3) is 0.130. The first-order valence-electron chi connectivity index (χ1n) is 8.97. The van der Waals surface area contributed by atoms with Crippen molar-refractivity contribution in [2.75, 3.05) is 0 Å². The second-order valence-electron chi connectivity index (χ2n) is 6.73. The molecule has 0 saturated heterocycles. The first-order chi connectivity index (χ1) is 12.8. The van der Waals surface area contributed by atoms with Crippen molar-refractivity contribution in [3.63, 3.8) is 0 Å². The van der Waals surface area contributed by atoms with Gasteiger partial charge in [0.1, 0.15) is 0 Å². The van der Waals surface area contributed by atoms with E-state index in [0.29, 0.717) is 0 Å². The Morgan fingerprint density at radius 1 is 0.885 bits per heavy atom. The maximum Gasteiger partial charge on any atom is 0.158 e. The molecular formula is C23H19N3. The fourth-order valence-corrected chi connectivity index (χ4v) is 3.93. The van der Waals surface area contributed by atoms with Crippen LogP contribution in [-0.2, 0) is 0 Å². The van der Waals surface area contributed by atoms with Crippen molar-refractivity contribution in [1.82, 2.24) is 9.78 Å². The lowest BCUT2D eigenvalue weighted by atomic mass is 9.97. The molecule has 126 valence electrons. The second kappa shape index (κ2) is 5.95. The van der Waals surface area contributed by atoms with Gasteiger partial charge >= 0.3 is 0 Å². The second-order valence-corrected chi connectivity index (χ2v) is 6.73. The summed E-state index contributed by atoms with van der Waals surface area (Å²) in [5, 5.41) is 7.38. The van der Waals surface area contributed by atoms with Gasteiger partial charge in [-0.05, 0) is 28.8 Å². The lowest BCUT2D eigenvalue weighted by Gasteiger charge is -2.21. The van der Waals surface area contributed by atoms with E-state index in [-0.39, 0.29) is 6.04 Å². The summed E-state index contributed by atoms with van der Waals surface area (Å²) in [4.78, 5) is 4.75. The minimum Gasteiger partial charge on any atom is -0.241 e. The third-order valence-electron chi connectivity index (χ3n) is 5.14. The van der Waals surface area contributed by atoms with Crippen LogP contribution in [0.5, 0.6) is 0 Å². The molecule has 0 fully saturated rings. The standard InChI is InChI=1S/C23H19N3/c1-16-22(20-13-7-11-17-8-5-6-12-19(17)20)23-24-15-14-21(26(23)25-16)18-9-3-2-4-10-18/h2-13,15,21H,14H2,1H3. The lowest BCUT2D eigenvalue weighted by Crippen LogP contribution is -2.15. The zero-order valence-electron chi connectivity index (χ0n) is 14.6. The molecule has 0 N–H and O–H groups in total. The molecule has 0 radical (unpaired) electrons. The number of fused-ring (bicyclic) bond motifs is 2. The maximum absolute atomic E-state index is 4.90. The third-order valence-corrected chi connectivity index (χ3v) is 5.14. The number of nitrogens with zero attached hydrogens (tertiary/aromatic N) is 3. The molecule has 26 heavy (non-hydrogen) atoms. The third kappa shape index (κ3) is 2.28. The van der Waals surface area contributed by atoms with E-state index in [4.69, 9.17) is 10.1 Å². The van der Waals surface area contributed by atoms with E-state index < -0.39 is 0 Å². The van der Waals surface area contributed by atoms with Crippen LogP contribution in [0, 0.1) is 6.92 Å². The van der Waals surface area contributed by atoms with Gasteiger partial charge in [0.05, 0.1) is 11.7 Å². The van der Waals surface area contributed by atoms with Crippen LogP contribution < -0.4 is 0 Å². The Morgan fingerprint density at radius 2 is 1.65 bits per heavy atom. The van der Waals surface area contributed by atoms with Gasteiger partial charge in [-0.3, -0.25) is 0 Å². The summed E-state index contributed by atoms with van der Waals surface area (Å²) in [7, 11) is 0. The number of aryl methyl sites for hydroxylation is 1. The molecule has 2 heterocycles. The van der Waals surface area contributed by atoms with Crippen molar-refractivity contribution in [3.05, 3.63) is 84.1 Å². The Morgan fingerprint density at radius 3 is 2.54 bits per heavy atom. The quantitative estimate of drug-likeness (QED) is 0.461. The molecule has 1 aromatic heterocycles. The zero-order valence-corrected chi connectivity index (χ0v) is 14.6. The van der Waals surface area contributed by atoms with E-state index in [2.05, 4.69) is 84.4 Å². The van der Waals surface area contributed by atoms with Crippen molar-refractivity contribution in [2.24, 2.45) is 4.99 Å². The highest BCUT2D eigenvalue weighted by molar-refractivity contribution is 5.99. The average molecular weight is 337 g/mol. The van der Waals surface area contributed by atoms with Gasteiger partial charge in [0, 0.05) is 18.2 Å². The normalized spacial score (nSPS) is 16.0. The molecular weight excluding hydrogens is 318 g/mol. The van der Waals surface area contributed by atoms with Crippen LogP contribution in [0.2, 0.25) is 0 Å². The summed E-state index contributed by atoms with van der Waals surface area (Å²) in [6.07, 6.45) is 2.90. The summed E-state index contributed by atoms with van der Waals surface area (Å²) < 4.78 is 2.10. The molecule has 0 bridgehead atoms. The first kappa shape index (κ1) is 15.1. The molecule has 5 rings (SSSR count). The van der Waals surface area contributed by atoms with Crippen molar-refractivity contribution < 1.29 is 0 Å². The number of rotatable bonds is 2. The largest absolute Gasteiger partial charge is 0.241 e. The molecule has 0 aliphatic carbocycles. The predicted octanol–water partition coefficient (Wildman–Crippen LogP) is 5.71. The van der Waals surface area contributed by atoms with Gasteiger partial charge in [0.15, 0.2) is 5.82 Å². The Labute approximate surface area is 152 Å². The molecule has 3 aromatic carbocycles. The molecule has 1 aliphatic rings. The summed E-state index contributed by atoms with van der Waals surface area (Å²) >= 11 is 0. The van der Waals surface area contributed by atoms with Gasteiger partial charge in [0.2, 0.25) is 0 Å². The van der Waals surface area contributed by atoms with Crippen LogP contribution >= 0.6 is 0 Å². The minimum absolute atomic E-state index is 0.200. The van der Waals surface area contributed by atoms with Gasteiger partial charge in [0.25, 0.3) is 0 Å². The van der Waals surface area contributed by atoms with Crippen LogP contribution in [0.3, 0.4) is 0 Å². The summed E-state index contributed by atoms with van der Waals surface area (Å²) in [6, 6.07) is 25.7. The van der Waals surface area contributed by atoms with Gasteiger partial charge in [-0.2, -0.15) is 5.10 Å². The highest BCUT2D eigenvalue weighted by atomic mass is 15.3. The smallest absolute Gasteiger partial charge is 0.158 e.